The lowest BCUT2D eigenvalue weighted by Gasteiger charge is -2.22. The van der Waals surface area contributed by atoms with Gasteiger partial charge in [0.2, 0.25) is 0 Å². The number of allylic oxidation sites excluding steroid dienone is 3. The highest BCUT2D eigenvalue weighted by Crippen LogP contribution is 2.13. The van der Waals surface area contributed by atoms with Crippen molar-refractivity contribution in [2.24, 2.45) is 0 Å². The van der Waals surface area contributed by atoms with Crippen LogP contribution >= 0.6 is 0 Å². The molecule has 0 aromatic heterocycles. The average Bonchev–Trinajstić information content (AvgIpc) is 2.49. The van der Waals surface area contributed by atoms with E-state index in [1.807, 2.05) is 0 Å². The lowest BCUT2D eigenvalue weighted by atomic mass is 10.2. The van der Waals surface area contributed by atoms with E-state index in [0.29, 0.717) is 6.42 Å². The van der Waals surface area contributed by atoms with Gasteiger partial charge < -0.3 is 9.47 Å². The highest BCUT2D eigenvalue weighted by molar-refractivity contribution is 4.92. The summed E-state index contributed by atoms with van der Waals surface area (Å²) in [5, 5.41) is 0. The first-order valence-corrected chi connectivity index (χ1v) is 8.02. The summed E-state index contributed by atoms with van der Waals surface area (Å²) in [4.78, 5) is 0. The lowest BCUT2D eigenvalue weighted by molar-refractivity contribution is -0.161. The van der Waals surface area contributed by atoms with Crippen molar-refractivity contribution in [2.45, 2.75) is 64.1 Å². The van der Waals surface area contributed by atoms with Crippen molar-refractivity contribution < 1.29 is 13.9 Å². The topological polar surface area (TPSA) is 18.5 Å². The Morgan fingerprint density at radius 1 is 1.00 bits per heavy atom. The Bertz CT molecular complexity index is 258. The van der Waals surface area contributed by atoms with Gasteiger partial charge in [0.1, 0.15) is 0 Å². The molecule has 0 radical (unpaired) electrons. The largest absolute Gasteiger partial charge is 0.353 e. The summed E-state index contributed by atoms with van der Waals surface area (Å²) in [6.07, 6.45) is 17.9. The van der Waals surface area contributed by atoms with Gasteiger partial charge in [-0.1, -0.05) is 30.7 Å². The van der Waals surface area contributed by atoms with Gasteiger partial charge in [0.25, 0.3) is 0 Å². The Morgan fingerprint density at radius 3 is 2.60 bits per heavy atom. The maximum atomic E-state index is 11.8. The number of hydrogen-bond donors (Lipinski definition) is 0. The third-order valence-corrected chi connectivity index (χ3v) is 3.34. The SMILES string of the molecule is FCCCCC/C=C\C/C=C\CCOC1CCCCO1. The number of halogens is 1. The van der Waals surface area contributed by atoms with Crippen molar-refractivity contribution in [3.63, 3.8) is 0 Å². The first kappa shape index (κ1) is 17.4. The smallest absolute Gasteiger partial charge is 0.157 e. The molecular formula is C17H29FO2. The second-order valence-corrected chi connectivity index (χ2v) is 5.17. The summed E-state index contributed by atoms with van der Waals surface area (Å²) < 4.78 is 23.0. The second-order valence-electron chi connectivity index (χ2n) is 5.17. The summed E-state index contributed by atoms with van der Waals surface area (Å²) in [5.74, 6) is 0. The fourth-order valence-corrected chi connectivity index (χ4v) is 2.15. The summed E-state index contributed by atoms with van der Waals surface area (Å²) in [7, 11) is 0. The van der Waals surface area contributed by atoms with Crippen molar-refractivity contribution in [3.8, 4) is 0 Å². The van der Waals surface area contributed by atoms with Crippen LogP contribution in [0.5, 0.6) is 0 Å². The maximum absolute atomic E-state index is 11.8. The Labute approximate surface area is 123 Å². The minimum atomic E-state index is -0.180. The molecule has 20 heavy (non-hydrogen) atoms. The van der Waals surface area contributed by atoms with Gasteiger partial charge in [0.15, 0.2) is 6.29 Å². The molecule has 1 rings (SSSR count). The summed E-state index contributed by atoms with van der Waals surface area (Å²) in [6, 6.07) is 0. The van der Waals surface area contributed by atoms with E-state index in [2.05, 4.69) is 24.3 Å². The predicted molar refractivity (Wildman–Crippen MR) is 81.5 cm³/mol. The molecule has 1 aliphatic rings. The van der Waals surface area contributed by atoms with Crippen LogP contribution in [-0.2, 0) is 9.47 Å². The minimum Gasteiger partial charge on any atom is -0.353 e. The average molecular weight is 284 g/mol. The van der Waals surface area contributed by atoms with Crippen LogP contribution in [0.25, 0.3) is 0 Å². The zero-order valence-electron chi connectivity index (χ0n) is 12.6. The molecule has 0 bridgehead atoms. The van der Waals surface area contributed by atoms with Crippen LogP contribution in [0, 0.1) is 0 Å². The number of rotatable bonds is 11. The van der Waals surface area contributed by atoms with Crippen LogP contribution in [-0.4, -0.2) is 26.2 Å². The van der Waals surface area contributed by atoms with Gasteiger partial charge in [-0.05, 0) is 51.4 Å². The van der Waals surface area contributed by atoms with Gasteiger partial charge in [0, 0.05) is 6.61 Å². The molecule has 116 valence electrons. The van der Waals surface area contributed by atoms with Gasteiger partial charge in [-0.2, -0.15) is 0 Å². The van der Waals surface area contributed by atoms with Crippen LogP contribution in [0.4, 0.5) is 4.39 Å². The Balaban J connectivity index is 1.85. The molecule has 3 heteroatoms. The normalized spacial score (nSPS) is 20.1. The van der Waals surface area contributed by atoms with E-state index in [0.717, 1.165) is 51.7 Å². The highest BCUT2D eigenvalue weighted by Gasteiger charge is 2.12. The lowest BCUT2D eigenvalue weighted by Crippen LogP contribution is -2.22. The van der Waals surface area contributed by atoms with Gasteiger partial charge >= 0.3 is 0 Å². The fourth-order valence-electron chi connectivity index (χ4n) is 2.15. The van der Waals surface area contributed by atoms with E-state index >= 15 is 0 Å². The van der Waals surface area contributed by atoms with Crippen molar-refractivity contribution in [3.05, 3.63) is 24.3 Å². The Hall–Kier alpha value is -0.670. The van der Waals surface area contributed by atoms with Gasteiger partial charge in [-0.25, -0.2) is 0 Å². The molecule has 1 atom stereocenters. The molecule has 0 spiro atoms. The zero-order valence-corrected chi connectivity index (χ0v) is 12.6. The molecule has 1 aliphatic heterocycles. The first-order chi connectivity index (χ1) is 9.93. The molecule has 0 aromatic rings. The monoisotopic (exact) mass is 284 g/mol. The van der Waals surface area contributed by atoms with Crippen LogP contribution in [0.1, 0.15) is 57.8 Å². The van der Waals surface area contributed by atoms with Gasteiger partial charge in [0.05, 0.1) is 13.3 Å². The molecule has 1 fully saturated rings. The molecule has 0 aliphatic carbocycles. The predicted octanol–water partition coefficient (Wildman–Crippen LogP) is 4.95. The summed E-state index contributed by atoms with van der Waals surface area (Å²) in [5.41, 5.74) is 0. The molecule has 0 saturated carbocycles. The molecular weight excluding hydrogens is 255 g/mol. The van der Waals surface area contributed by atoms with E-state index in [9.17, 15) is 4.39 Å². The van der Waals surface area contributed by atoms with Crippen LogP contribution in [0.3, 0.4) is 0 Å². The second kappa shape index (κ2) is 13.3. The quantitative estimate of drug-likeness (QED) is 0.395. The maximum Gasteiger partial charge on any atom is 0.157 e. The van der Waals surface area contributed by atoms with E-state index in [1.54, 1.807) is 0 Å². The Kier molecular flexibility index (Phi) is 11.6. The summed E-state index contributed by atoms with van der Waals surface area (Å²) >= 11 is 0. The molecule has 1 unspecified atom stereocenters. The molecule has 1 saturated heterocycles. The van der Waals surface area contributed by atoms with Crippen molar-refractivity contribution in [1.82, 2.24) is 0 Å². The van der Waals surface area contributed by atoms with E-state index in [1.165, 1.54) is 12.8 Å². The third-order valence-electron chi connectivity index (χ3n) is 3.34. The molecule has 0 aromatic carbocycles. The molecule has 0 amide bonds. The fraction of sp³-hybridized carbons (Fsp3) is 0.765. The molecule has 2 nitrogen and oxygen atoms in total. The molecule has 0 N–H and O–H groups in total. The molecule has 1 heterocycles. The number of hydrogen-bond acceptors (Lipinski definition) is 2. The van der Waals surface area contributed by atoms with E-state index in [-0.39, 0.29) is 13.0 Å². The van der Waals surface area contributed by atoms with Gasteiger partial charge in [-0.15, -0.1) is 0 Å². The third kappa shape index (κ3) is 10.2. The highest BCUT2D eigenvalue weighted by atomic mass is 19.1. The van der Waals surface area contributed by atoms with Crippen molar-refractivity contribution >= 4 is 0 Å². The number of alkyl halides is 1. The summed E-state index contributed by atoms with van der Waals surface area (Å²) in [6.45, 7) is 1.41. The Morgan fingerprint density at radius 2 is 1.85 bits per heavy atom. The first-order valence-electron chi connectivity index (χ1n) is 8.02. The van der Waals surface area contributed by atoms with Crippen molar-refractivity contribution in [1.29, 1.82) is 0 Å². The van der Waals surface area contributed by atoms with Crippen LogP contribution in [0.15, 0.2) is 24.3 Å². The minimum absolute atomic E-state index is 0.0290. The van der Waals surface area contributed by atoms with Crippen molar-refractivity contribution in [2.75, 3.05) is 19.9 Å². The van der Waals surface area contributed by atoms with E-state index in [4.69, 9.17) is 9.47 Å². The van der Waals surface area contributed by atoms with Crippen LogP contribution in [0.2, 0.25) is 0 Å². The standard InChI is InChI=1S/C17H29FO2/c18-14-10-7-5-3-1-2-4-6-8-11-15-19-17-13-9-12-16-20-17/h1-2,6,8,17H,3-5,7,9-16H2/b2-1-,8-6-. The number of ether oxygens (including phenoxy) is 2. The van der Waals surface area contributed by atoms with Crippen LogP contribution < -0.4 is 0 Å². The van der Waals surface area contributed by atoms with E-state index < -0.39 is 0 Å². The number of unbranched alkanes of at least 4 members (excludes halogenated alkanes) is 3. The van der Waals surface area contributed by atoms with Gasteiger partial charge in [-0.3, -0.25) is 4.39 Å². The zero-order chi connectivity index (χ0) is 14.3.